The van der Waals surface area contributed by atoms with E-state index in [1.165, 1.54) is 0 Å². The molecule has 2 aliphatic heterocycles. The predicted octanol–water partition coefficient (Wildman–Crippen LogP) is 0.889. The molecule has 6 heteroatoms. The Hall–Kier alpha value is -2.08. The summed E-state index contributed by atoms with van der Waals surface area (Å²) in [6.07, 6.45) is 0.647. The van der Waals surface area contributed by atoms with E-state index >= 15 is 0 Å². The summed E-state index contributed by atoms with van der Waals surface area (Å²) < 4.78 is 0. The van der Waals surface area contributed by atoms with E-state index in [1.54, 1.807) is 24.3 Å². The fourth-order valence-corrected chi connectivity index (χ4v) is 2.76. The van der Waals surface area contributed by atoms with Crippen molar-refractivity contribution in [3.05, 3.63) is 35.4 Å². The van der Waals surface area contributed by atoms with Gasteiger partial charge in [0.2, 0.25) is 5.91 Å². The molecule has 0 bridgehead atoms. The zero-order valence-electron chi connectivity index (χ0n) is 9.88. The minimum Gasteiger partial charge on any atom is -0.319 e. The maximum Gasteiger partial charge on any atom is 0.262 e. The van der Waals surface area contributed by atoms with Gasteiger partial charge in [0.05, 0.1) is 17.2 Å². The first-order valence-corrected chi connectivity index (χ1v) is 6.31. The van der Waals surface area contributed by atoms with E-state index in [-0.39, 0.29) is 29.1 Å². The van der Waals surface area contributed by atoms with Crippen molar-refractivity contribution in [2.75, 3.05) is 0 Å². The van der Waals surface area contributed by atoms with Gasteiger partial charge in [0, 0.05) is 6.42 Å². The van der Waals surface area contributed by atoms with Crippen molar-refractivity contribution >= 4 is 34.9 Å². The Morgan fingerprint density at radius 3 is 2.21 bits per heavy atom. The lowest BCUT2D eigenvalue weighted by atomic mass is 10.1. The summed E-state index contributed by atoms with van der Waals surface area (Å²) in [7, 11) is 0. The number of carbonyl (C=O) groups is 3. The van der Waals surface area contributed by atoms with Crippen LogP contribution in [0.5, 0.6) is 0 Å². The summed E-state index contributed by atoms with van der Waals surface area (Å²) in [4.78, 5) is 37.2. The van der Waals surface area contributed by atoms with Crippen LogP contribution >= 0.6 is 12.2 Å². The number of rotatable bonds is 1. The molecular formula is C13H10N2O3S. The number of nitrogens with one attached hydrogen (secondary N) is 1. The van der Waals surface area contributed by atoms with Crippen LogP contribution in [0.2, 0.25) is 0 Å². The number of nitrogens with zero attached hydrogens (tertiary/aromatic N) is 1. The molecule has 3 rings (SSSR count). The molecule has 0 saturated carbocycles. The lowest BCUT2D eigenvalue weighted by Gasteiger charge is -2.30. The van der Waals surface area contributed by atoms with Gasteiger partial charge in [-0.15, -0.1) is 0 Å². The van der Waals surface area contributed by atoms with E-state index in [9.17, 15) is 14.4 Å². The van der Waals surface area contributed by atoms with Crippen LogP contribution in [0, 0.1) is 0 Å². The number of imide groups is 1. The first-order chi connectivity index (χ1) is 9.09. The molecule has 3 amide bonds. The molecule has 1 aromatic carbocycles. The van der Waals surface area contributed by atoms with Gasteiger partial charge >= 0.3 is 0 Å². The molecule has 1 aromatic rings. The predicted molar refractivity (Wildman–Crippen MR) is 70.7 cm³/mol. The molecular weight excluding hydrogens is 264 g/mol. The SMILES string of the molecule is O=C1CCC(N2C(=O)c3ccccc3C2=O)C(=S)N1. The van der Waals surface area contributed by atoms with Crippen LogP contribution in [-0.4, -0.2) is 33.7 Å². The van der Waals surface area contributed by atoms with Crippen molar-refractivity contribution in [3.8, 4) is 0 Å². The lowest BCUT2D eigenvalue weighted by Crippen LogP contribution is -2.53. The highest BCUT2D eigenvalue weighted by Crippen LogP contribution is 2.27. The molecule has 1 unspecified atom stereocenters. The lowest BCUT2D eigenvalue weighted by molar-refractivity contribution is -0.120. The first kappa shape index (κ1) is 12.0. The van der Waals surface area contributed by atoms with Crippen LogP contribution in [0.15, 0.2) is 24.3 Å². The number of hydrogen-bond donors (Lipinski definition) is 1. The molecule has 1 N–H and O–H groups in total. The number of carbonyl (C=O) groups excluding carboxylic acids is 3. The molecule has 1 saturated heterocycles. The van der Waals surface area contributed by atoms with Gasteiger partial charge in [-0.2, -0.15) is 0 Å². The Labute approximate surface area is 114 Å². The Morgan fingerprint density at radius 1 is 1.11 bits per heavy atom. The van der Waals surface area contributed by atoms with Crippen LogP contribution in [0.1, 0.15) is 33.6 Å². The van der Waals surface area contributed by atoms with Crippen LogP contribution < -0.4 is 5.32 Å². The van der Waals surface area contributed by atoms with Crippen molar-refractivity contribution in [1.82, 2.24) is 10.2 Å². The van der Waals surface area contributed by atoms with Crippen LogP contribution in [-0.2, 0) is 4.79 Å². The minimum atomic E-state index is -0.528. The smallest absolute Gasteiger partial charge is 0.262 e. The number of hydrogen-bond acceptors (Lipinski definition) is 4. The van der Waals surface area contributed by atoms with E-state index in [2.05, 4.69) is 5.32 Å². The third kappa shape index (κ3) is 1.76. The number of piperidine rings is 1. The third-order valence-electron chi connectivity index (χ3n) is 3.35. The Balaban J connectivity index is 1.96. The Bertz CT molecular complexity index is 591. The molecule has 1 atom stereocenters. The topological polar surface area (TPSA) is 66.5 Å². The summed E-state index contributed by atoms with van der Waals surface area (Å²) in [6.45, 7) is 0. The van der Waals surface area contributed by atoms with Gasteiger partial charge in [0.1, 0.15) is 4.99 Å². The molecule has 2 heterocycles. The largest absolute Gasteiger partial charge is 0.319 e. The molecule has 0 radical (unpaired) electrons. The Morgan fingerprint density at radius 2 is 1.68 bits per heavy atom. The number of fused-ring (bicyclic) bond motifs is 1. The zero-order chi connectivity index (χ0) is 13.6. The van der Waals surface area contributed by atoms with Gasteiger partial charge < -0.3 is 5.32 Å². The molecule has 0 aliphatic carbocycles. The van der Waals surface area contributed by atoms with E-state index in [1.807, 2.05) is 0 Å². The average Bonchev–Trinajstić information content (AvgIpc) is 2.64. The summed E-state index contributed by atoms with van der Waals surface area (Å²) >= 11 is 5.08. The molecule has 5 nitrogen and oxygen atoms in total. The van der Waals surface area contributed by atoms with Gasteiger partial charge in [-0.1, -0.05) is 24.4 Å². The van der Waals surface area contributed by atoms with Crippen LogP contribution in [0.4, 0.5) is 0 Å². The van der Waals surface area contributed by atoms with Crippen molar-refractivity contribution in [2.45, 2.75) is 18.9 Å². The second kappa shape index (κ2) is 4.24. The Kier molecular flexibility index (Phi) is 2.67. The molecule has 19 heavy (non-hydrogen) atoms. The third-order valence-corrected chi connectivity index (χ3v) is 3.72. The fraction of sp³-hybridized carbons (Fsp3) is 0.231. The molecule has 96 valence electrons. The number of thiocarbonyl (C=S) groups is 1. The van der Waals surface area contributed by atoms with Gasteiger partial charge in [-0.3, -0.25) is 19.3 Å². The van der Waals surface area contributed by atoms with Crippen LogP contribution in [0.25, 0.3) is 0 Å². The summed E-state index contributed by atoms with van der Waals surface area (Å²) in [6, 6.07) is 6.16. The van der Waals surface area contributed by atoms with E-state index in [0.717, 1.165) is 4.90 Å². The highest BCUT2D eigenvalue weighted by Gasteiger charge is 2.42. The molecule has 0 aromatic heterocycles. The van der Waals surface area contributed by atoms with E-state index in [4.69, 9.17) is 12.2 Å². The molecule has 2 aliphatic rings. The maximum absolute atomic E-state index is 12.3. The first-order valence-electron chi connectivity index (χ1n) is 5.90. The highest BCUT2D eigenvalue weighted by atomic mass is 32.1. The van der Waals surface area contributed by atoms with E-state index in [0.29, 0.717) is 17.5 Å². The summed E-state index contributed by atoms with van der Waals surface area (Å²) in [5, 5.41) is 2.52. The van der Waals surface area contributed by atoms with Crippen molar-refractivity contribution < 1.29 is 14.4 Å². The summed E-state index contributed by atoms with van der Waals surface area (Å²) in [5.41, 5.74) is 0.791. The van der Waals surface area contributed by atoms with Crippen molar-refractivity contribution in [3.63, 3.8) is 0 Å². The van der Waals surface area contributed by atoms with Gasteiger partial charge in [0.15, 0.2) is 0 Å². The fourth-order valence-electron chi connectivity index (χ4n) is 2.42. The van der Waals surface area contributed by atoms with Gasteiger partial charge in [0.25, 0.3) is 11.8 Å². The van der Waals surface area contributed by atoms with Crippen molar-refractivity contribution in [1.29, 1.82) is 0 Å². The second-order valence-electron chi connectivity index (χ2n) is 4.49. The number of benzene rings is 1. The van der Waals surface area contributed by atoms with Crippen molar-refractivity contribution in [2.24, 2.45) is 0 Å². The monoisotopic (exact) mass is 274 g/mol. The average molecular weight is 274 g/mol. The molecule has 1 fully saturated rings. The zero-order valence-corrected chi connectivity index (χ0v) is 10.7. The summed E-state index contributed by atoms with van der Waals surface area (Å²) in [5.74, 6) is -0.856. The minimum absolute atomic E-state index is 0.169. The normalized spacial score (nSPS) is 22.5. The standard InChI is InChI=1S/C13H10N2O3S/c16-10-6-5-9(11(19)14-10)15-12(17)7-3-1-2-4-8(7)13(15)18/h1-4,9H,5-6H2,(H,14,16,19). The number of amides is 3. The molecule has 0 spiro atoms. The maximum atomic E-state index is 12.3. The quantitative estimate of drug-likeness (QED) is 0.610. The van der Waals surface area contributed by atoms with E-state index < -0.39 is 6.04 Å². The second-order valence-corrected chi connectivity index (χ2v) is 4.93. The van der Waals surface area contributed by atoms with Crippen LogP contribution in [0.3, 0.4) is 0 Å². The highest BCUT2D eigenvalue weighted by molar-refractivity contribution is 7.80. The van der Waals surface area contributed by atoms with Gasteiger partial charge in [-0.05, 0) is 18.6 Å². The van der Waals surface area contributed by atoms with Gasteiger partial charge in [-0.25, -0.2) is 0 Å².